The molecule has 0 spiro atoms. The molecule has 0 fully saturated rings. The summed E-state index contributed by atoms with van der Waals surface area (Å²) in [4.78, 5) is 16.9. The van der Waals surface area contributed by atoms with Crippen LogP contribution in [0.1, 0.15) is 22.7 Å². The van der Waals surface area contributed by atoms with Crippen LogP contribution in [0, 0.1) is 23.0 Å². The van der Waals surface area contributed by atoms with Crippen LogP contribution in [-0.2, 0) is 0 Å². The van der Waals surface area contributed by atoms with Crippen LogP contribution in [0.15, 0.2) is 62.2 Å². The number of fused-ring (bicyclic) bond motifs is 3. The molecule has 31 heavy (non-hydrogen) atoms. The minimum Gasteiger partial charge on any atom is -0.406 e. The smallest absolute Gasteiger partial charge is 0.362 e. The normalized spacial score (nSPS) is 15.5. The van der Waals surface area contributed by atoms with Gasteiger partial charge in [-0.25, -0.2) is 18.1 Å². The van der Waals surface area contributed by atoms with Crippen LogP contribution in [0.5, 0.6) is 0 Å². The van der Waals surface area contributed by atoms with Crippen LogP contribution in [0.25, 0.3) is 17.5 Å². The van der Waals surface area contributed by atoms with Gasteiger partial charge in [-0.05, 0) is 41.5 Å². The van der Waals surface area contributed by atoms with Crippen molar-refractivity contribution in [1.82, 2.24) is 9.55 Å². The second-order valence-electron chi connectivity index (χ2n) is 6.87. The lowest BCUT2D eigenvalue weighted by Crippen LogP contribution is -2.35. The third-order valence-electron chi connectivity index (χ3n) is 4.94. The summed E-state index contributed by atoms with van der Waals surface area (Å²) in [6.45, 7) is 0. The topological polar surface area (TPSA) is 111 Å². The average Bonchev–Trinajstić information content (AvgIpc) is 3.26. The molecule has 0 radical (unpaired) electrons. The van der Waals surface area contributed by atoms with Crippen LogP contribution in [0.3, 0.4) is 0 Å². The van der Waals surface area contributed by atoms with Gasteiger partial charge in [0.05, 0.1) is 5.92 Å². The number of nitrogens with zero attached hydrogens (tertiary/aromatic N) is 3. The zero-order valence-electron chi connectivity index (χ0n) is 15.7. The van der Waals surface area contributed by atoms with Crippen LogP contribution in [-0.4, -0.2) is 9.55 Å². The minimum atomic E-state index is -0.857. The number of aromatic nitrogens is 2. The molecule has 4 aromatic rings. The standard InChI is InChI=1S/C22H12F2N4O3/c23-13-5-1-3-11(7-13)8-16-21(29)30-19-15(10-25)17(12-4-2-6-14(24)9-12)18-20(28(16)19)31-22(26)27-18/h1-9,17H,(H2,26,27)/b16-8+/t17-/m0/s1. The van der Waals surface area contributed by atoms with Gasteiger partial charge in [0, 0.05) is 0 Å². The first-order chi connectivity index (χ1) is 15.0. The van der Waals surface area contributed by atoms with Crippen LogP contribution >= 0.6 is 0 Å². The van der Waals surface area contributed by atoms with Gasteiger partial charge in [0.25, 0.3) is 6.01 Å². The Morgan fingerprint density at radius 3 is 2.58 bits per heavy atom. The lowest BCUT2D eigenvalue weighted by molar-refractivity contribution is 0.455. The first-order valence-electron chi connectivity index (χ1n) is 9.12. The summed E-state index contributed by atoms with van der Waals surface area (Å²) in [5, 5.41) is 9.88. The fourth-order valence-electron chi connectivity index (χ4n) is 3.71. The first kappa shape index (κ1) is 18.6. The first-order valence-corrected chi connectivity index (χ1v) is 9.12. The lowest BCUT2D eigenvalue weighted by atomic mass is 9.87. The van der Waals surface area contributed by atoms with Gasteiger partial charge in [0.15, 0.2) is 0 Å². The number of benzene rings is 2. The molecule has 0 unspecified atom stereocenters. The third-order valence-corrected chi connectivity index (χ3v) is 4.94. The van der Waals surface area contributed by atoms with Gasteiger partial charge < -0.3 is 14.6 Å². The maximum Gasteiger partial charge on any atom is 0.362 e. The summed E-state index contributed by atoms with van der Waals surface area (Å²) >= 11 is 0. The third kappa shape index (κ3) is 2.93. The molecular weight excluding hydrogens is 406 g/mol. The van der Waals surface area contributed by atoms with E-state index < -0.39 is 23.2 Å². The fourth-order valence-corrected chi connectivity index (χ4v) is 3.71. The largest absolute Gasteiger partial charge is 0.406 e. The molecule has 9 heteroatoms. The van der Waals surface area contributed by atoms with Crippen molar-refractivity contribution in [3.8, 4) is 12.0 Å². The van der Waals surface area contributed by atoms with E-state index in [1.807, 2.05) is 6.07 Å². The quantitative estimate of drug-likeness (QED) is 0.533. The predicted octanol–water partition coefficient (Wildman–Crippen LogP) is 1.93. The Bertz CT molecular complexity index is 1570. The van der Waals surface area contributed by atoms with Crippen molar-refractivity contribution in [3.05, 3.63) is 98.3 Å². The molecular formula is C22H12F2N4O3. The van der Waals surface area contributed by atoms with E-state index >= 15 is 0 Å². The lowest BCUT2D eigenvalue weighted by Gasteiger charge is -2.19. The van der Waals surface area contributed by atoms with E-state index in [4.69, 9.17) is 14.6 Å². The SMILES string of the molecule is N#CC1=c2oc(=O)/c(=C\c3cccc(F)c3)n2-c2oc(N)nc2[C@H]1c1cccc(F)c1. The molecule has 3 heterocycles. The zero-order valence-corrected chi connectivity index (χ0v) is 15.7. The maximum absolute atomic E-state index is 13.9. The Labute approximate surface area is 172 Å². The zero-order chi connectivity index (χ0) is 21.7. The number of rotatable bonds is 2. The Morgan fingerprint density at radius 1 is 1.13 bits per heavy atom. The second-order valence-corrected chi connectivity index (χ2v) is 6.87. The Kier molecular flexibility index (Phi) is 4.08. The number of oxazole rings is 2. The average molecular weight is 418 g/mol. The number of nitrogen functional groups attached to an aromatic ring is 1. The number of anilines is 1. The molecule has 0 aliphatic carbocycles. The summed E-state index contributed by atoms with van der Waals surface area (Å²) in [5.41, 5.74) is 5.98. The number of nitrogens with two attached hydrogens (primary N) is 1. The summed E-state index contributed by atoms with van der Waals surface area (Å²) in [6, 6.07) is 13.1. The number of hydrogen-bond acceptors (Lipinski definition) is 6. The van der Waals surface area contributed by atoms with Gasteiger partial charge in [-0.2, -0.15) is 10.2 Å². The van der Waals surface area contributed by atoms with E-state index in [9.17, 15) is 18.8 Å². The van der Waals surface area contributed by atoms with E-state index in [1.54, 1.807) is 12.1 Å². The van der Waals surface area contributed by atoms with Crippen LogP contribution < -0.4 is 22.3 Å². The number of halogens is 2. The second kappa shape index (κ2) is 6.81. The Morgan fingerprint density at radius 2 is 1.87 bits per heavy atom. The summed E-state index contributed by atoms with van der Waals surface area (Å²) in [7, 11) is 0. The highest BCUT2D eigenvalue weighted by atomic mass is 19.1. The monoisotopic (exact) mass is 418 g/mol. The van der Waals surface area contributed by atoms with Gasteiger partial charge in [-0.3, -0.25) is 0 Å². The molecule has 2 N–H and O–H groups in total. The van der Waals surface area contributed by atoms with Crippen LogP contribution in [0.4, 0.5) is 14.8 Å². The molecule has 0 saturated carbocycles. The van der Waals surface area contributed by atoms with Gasteiger partial charge in [0.1, 0.15) is 34.3 Å². The van der Waals surface area contributed by atoms with E-state index in [0.717, 1.165) is 0 Å². The molecule has 2 aromatic carbocycles. The van der Waals surface area contributed by atoms with Crippen molar-refractivity contribution in [2.45, 2.75) is 5.92 Å². The predicted molar refractivity (Wildman–Crippen MR) is 105 cm³/mol. The highest BCUT2D eigenvalue weighted by molar-refractivity contribution is 5.73. The van der Waals surface area contributed by atoms with Crippen molar-refractivity contribution in [2.75, 3.05) is 5.73 Å². The van der Waals surface area contributed by atoms with Crippen molar-refractivity contribution in [2.24, 2.45) is 0 Å². The molecule has 0 saturated heterocycles. The van der Waals surface area contributed by atoms with Gasteiger partial charge >= 0.3 is 5.63 Å². The van der Waals surface area contributed by atoms with Crippen molar-refractivity contribution >= 4 is 17.7 Å². The fraction of sp³-hybridized carbons (Fsp3) is 0.0455. The van der Waals surface area contributed by atoms with Gasteiger partial charge in [-0.15, -0.1) is 0 Å². The molecule has 0 bridgehead atoms. The van der Waals surface area contributed by atoms with Crippen molar-refractivity contribution < 1.29 is 17.6 Å². The summed E-state index contributed by atoms with van der Waals surface area (Å²) in [5.74, 6) is -1.78. The highest BCUT2D eigenvalue weighted by Gasteiger charge is 2.36. The van der Waals surface area contributed by atoms with Gasteiger partial charge in [-0.1, -0.05) is 24.3 Å². The summed E-state index contributed by atoms with van der Waals surface area (Å²) in [6.07, 6.45) is 1.40. The molecule has 2 aromatic heterocycles. The van der Waals surface area contributed by atoms with E-state index in [2.05, 4.69) is 4.98 Å². The number of nitriles is 1. The van der Waals surface area contributed by atoms with E-state index in [0.29, 0.717) is 11.1 Å². The van der Waals surface area contributed by atoms with Crippen molar-refractivity contribution in [3.63, 3.8) is 0 Å². The maximum atomic E-state index is 13.9. The minimum absolute atomic E-state index is 0.0107. The Hall–Kier alpha value is -4.45. The van der Waals surface area contributed by atoms with Crippen molar-refractivity contribution in [1.29, 1.82) is 5.26 Å². The highest BCUT2D eigenvalue weighted by Crippen LogP contribution is 2.37. The molecule has 1 aliphatic rings. The van der Waals surface area contributed by atoms with Crippen LogP contribution in [0.2, 0.25) is 0 Å². The number of hydrogen-bond donors (Lipinski definition) is 1. The summed E-state index contributed by atoms with van der Waals surface area (Å²) < 4.78 is 39.7. The van der Waals surface area contributed by atoms with Gasteiger partial charge in [0.2, 0.25) is 11.4 Å². The Balaban J connectivity index is 1.89. The molecule has 1 aliphatic heterocycles. The molecule has 152 valence electrons. The van der Waals surface area contributed by atoms with E-state index in [-0.39, 0.29) is 34.1 Å². The molecule has 7 nitrogen and oxygen atoms in total. The molecule has 0 amide bonds. The molecule has 1 atom stereocenters. The van der Waals surface area contributed by atoms with E-state index in [1.165, 1.54) is 47.0 Å². The molecule has 5 rings (SSSR count).